The van der Waals surface area contributed by atoms with Crippen molar-refractivity contribution in [1.29, 1.82) is 0 Å². The predicted octanol–water partition coefficient (Wildman–Crippen LogP) is 0.998. The van der Waals surface area contributed by atoms with E-state index in [1.54, 1.807) is 0 Å². The Labute approximate surface area is 166 Å². The van der Waals surface area contributed by atoms with E-state index in [2.05, 4.69) is 19.9 Å². The molecular weight excluding hydrogens is 374 g/mol. The average molecular weight is 397 g/mol. The fraction of sp³-hybridized carbons (Fsp3) is 0.450. The number of nitrogens with one attached hydrogen (secondary N) is 1. The Morgan fingerprint density at radius 2 is 1.97 bits per heavy atom. The average Bonchev–Trinajstić information content (AvgIpc) is 2.67. The lowest BCUT2D eigenvalue weighted by atomic mass is 9.98. The molecule has 29 heavy (non-hydrogen) atoms. The van der Waals surface area contributed by atoms with Crippen LogP contribution in [0.3, 0.4) is 0 Å². The van der Waals surface area contributed by atoms with Gasteiger partial charge in [0.05, 0.1) is 17.0 Å². The van der Waals surface area contributed by atoms with E-state index in [1.807, 2.05) is 30.5 Å². The highest BCUT2D eigenvalue weighted by Crippen LogP contribution is 2.24. The number of H-pyrrole nitrogens is 1. The van der Waals surface area contributed by atoms with Crippen molar-refractivity contribution in [3.63, 3.8) is 0 Å². The van der Waals surface area contributed by atoms with E-state index in [4.69, 9.17) is 0 Å². The lowest BCUT2D eigenvalue weighted by Gasteiger charge is -2.31. The molecule has 0 aromatic heterocycles. The van der Waals surface area contributed by atoms with E-state index in [0.717, 1.165) is 29.6 Å². The monoisotopic (exact) mass is 397 g/mol. The number of carbonyl (C=O) groups is 1. The van der Waals surface area contributed by atoms with Gasteiger partial charge in [-0.1, -0.05) is 0 Å². The first kappa shape index (κ1) is 19.3. The molecule has 3 aliphatic rings. The van der Waals surface area contributed by atoms with Crippen LogP contribution in [0.1, 0.15) is 24.0 Å². The molecule has 9 heteroatoms. The van der Waals surface area contributed by atoms with Crippen molar-refractivity contribution in [3.05, 3.63) is 44.1 Å². The molecular formula is C20H23N5O4. The second-order valence-corrected chi connectivity index (χ2v) is 7.71. The molecule has 0 aliphatic carbocycles. The number of piperidine rings is 1. The molecule has 0 saturated carbocycles. The number of aromatic nitrogens is 4. The largest absolute Gasteiger partial charge is 0.481 e. The van der Waals surface area contributed by atoms with Crippen molar-refractivity contribution in [2.24, 2.45) is 5.92 Å². The number of benzene rings is 1. The molecule has 1 unspecified atom stereocenters. The van der Waals surface area contributed by atoms with Gasteiger partial charge in [0.2, 0.25) is 0 Å². The highest BCUT2D eigenvalue weighted by molar-refractivity contribution is 5.81. The van der Waals surface area contributed by atoms with E-state index >= 15 is 0 Å². The molecule has 1 fully saturated rings. The Morgan fingerprint density at radius 1 is 1.21 bits per heavy atom. The summed E-state index contributed by atoms with van der Waals surface area (Å²) in [5, 5.41) is 9.32. The zero-order chi connectivity index (χ0) is 20.7. The minimum Gasteiger partial charge on any atom is -0.481 e. The first-order valence-corrected chi connectivity index (χ1v) is 9.70. The van der Waals surface area contributed by atoms with Gasteiger partial charge in [-0.3, -0.25) is 14.6 Å². The first-order valence-electron chi connectivity index (χ1n) is 9.70. The van der Waals surface area contributed by atoms with E-state index in [0.29, 0.717) is 31.6 Å². The molecule has 152 valence electrons. The molecule has 0 spiro atoms. The third-order valence-electron chi connectivity index (χ3n) is 5.72. The number of carboxylic acid groups (broad SMARTS) is 1. The van der Waals surface area contributed by atoms with E-state index in [9.17, 15) is 19.5 Å². The Hall–Kier alpha value is -3.07. The summed E-state index contributed by atoms with van der Waals surface area (Å²) in [7, 11) is 0. The summed E-state index contributed by atoms with van der Waals surface area (Å²) in [6.45, 7) is 6.36. The normalized spacial score (nSPS) is 17.8. The number of rotatable bonds is 4. The molecule has 1 saturated heterocycles. The van der Waals surface area contributed by atoms with Gasteiger partial charge in [0.25, 0.3) is 5.56 Å². The van der Waals surface area contributed by atoms with Crippen LogP contribution in [0.25, 0.3) is 22.6 Å². The Bertz CT molecular complexity index is 1180. The van der Waals surface area contributed by atoms with Gasteiger partial charge in [-0.05, 0) is 56.5 Å². The van der Waals surface area contributed by atoms with Crippen LogP contribution in [0.5, 0.6) is 0 Å². The fourth-order valence-electron chi connectivity index (χ4n) is 3.98. The van der Waals surface area contributed by atoms with Crippen LogP contribution in [-0.2, 0) is 11.3 Å². The maximum atomic E-state index is 12.3. The quantitative estimate of drug-likeness (QED) is 0.630. The number of hydrogen-bond donors (Lipinski definition) is 2. The molecule has 1 aromatic carbocycles. The van der Waals surface area contributed by atoms with Gasteiger partial charge in [-0.25, -0.2) is 9.78 Å². The maximum Gasteiger partial charge on any atom is 0.349 e. The molecule has 4 rings (SSSR count). The second kappa shape index (κ2) is 7.40. The number of carboxylic acids is 1. The van der Waals surface area contributed by atoms with E-state index < -0.39 is 17.2 Å². The summed E-state index contributed by atoms with van der Waals surface area (Å²) >= 11 is 0. The number of likely N-dealkylation sites (tertiary alicyclic amines) is 1. The molecule has 9 nitrogen and oxygen atoms in total. The zero-order valence-corrected chi connectivity index (χ0v) is 16.4. The first-order chi connectivity index (χ1) is 13.8. The lowest BCUT2D eigenvalue weighted by Crippen LogP contribution is -2.40. The van der Waals surface area contributed by atoms with Crippen molar-refractivity contribution in [2.45, 2.75) is 33.2 Å². The smallest absolute Gasteiger partial charge is 0.349 e. The van der Waals surface area contributed by atoms with Crippen molar-refractivity contribution < 1.29 is 9.90 Å². The van der Waals surface area contributed by atoms with Crippen LogP contribution in [0.15, 0.2) is 21.7 Å². The summed E-state index contributed by atoms with van der Waals surface area (Å²) < 4.78 is 1.85. The predicted molar refractivity (Wildman–Crippen MR) is 107 cm³/mol. The van der Waals surface area contributed by atoms with Gasteiger partial charge in [0.1, 0.15) is 0 Å². The number of nitrogens with zero attached hydrogens (tertiary/aromatic N) is 4. The van der Waals surface area contributed by atoms with Crippen LogP contribution in [0, 0.1) is 19.8 Å². The van der Waals surface area contributed by atoms with Crippen LogP contribution in [0.2, 0.25) is 0 Å². The Kier molecular flexibility index (Phi) is 4.91. The molecule has 3 aliphatic heterocycles. The molecule has 0 radical (unpaired) electrons. The zero-order valence-electron chi connectivity index (χ0n) is 16.4. The highest BCUT2D eigenvalue weighted by atomic mass is 16.4. The van der Waals surface area contributed by atoms with Gasteiger partial charge < -0.3 is 14.6 Å². The number of aryl methyl sites for hydroxylation is 2. The summed E-state index contributed by atoms with van der Waals surface area (Å²) in [5.74, 6) is -0.877. The minimum absolute atomic E-state index is 0.127. The number of hydrogen-bond acceptors (Lipinski definition) is 6. The van der Waals surface area contributed by atoms with E-state index in [-0.39, 0.29) is 17.4 Å². The summed E-state index contributed by atoms with van der Waals surface area (Å²) in [5.41, 5.74) is 2.45. The Balaban J connectivity index is 1.78. The van der Waals surface area contributed by atoms with Crippen molar-refractivity contribution >= 4 is 17.0 Å². The fourth-order valence-corrected chi connectivity index (χ4v) is 3.98. The number of aromatic amines is 1. The summed E-state index contributed by atoms with van der Waals surface area (Å²) in [6, 6.07) is 3.91. The van der Waals surface area contributed by atoms with Crippen LogP contribution < -0.4 is 11.2 Å². The van der Waals surface area contributed by atoms with Crippen LogP contribution >= 0.6 is 0 Å². The van der Waals surface area contributed by atoms with Crippen molar-refractivity contribution in [1.82, 2.24) is 24.4 Å². The van der Waals surface area contributed by atoms with Crippen molar-refractivity contribution in [2.75, 3.05) is 19.6 Å². The van der Waals surface area contributed by atoms with Crippen LogP contribution in [0.4, 0.5) is 0 Å². The number of aliphatic carboxylic acids is 1. The molecule has 0 bridgehead atoms. The molecule has 3 heterocycles. The minimum atomic E-state index is -0.766. The SMILES string of the molecule is Cc1cc2nc3c(=O)[nH]c(=O)nc-3n(CCN3CCCC(C(=O)O)C3)c2cc1C. The maximum absolute atomic E-state index is 12.3. The Morgan fingerprint density at radius 3 is 2.72 bits per heavy atom. The third kappa shape index (κ3) is 3.65. The van der Waals surface area contributed by atoms with Gasteiger partial charge in [0, 0.05) is 19.6 Å². The standard InChI is InChI=1S/C20H23N5O4/c1-11-8-14-15(9-12(11)2)25(17-16(21-14)18(26)23-20(29)22-17)7-6-24-5-3-4-13(10-24)19(27)28/h8-9,13H,3-7,10H2,1-2H3,(H,27,28)(H,23,26,29). The molecule has 0 amide bonds. The summed E-state index contributed by atoms with van der Waals surface area (Å²) in [6.07, 6.45) is 1.52. The van der Waals surface area contributed by atoms with Crippen molar-refractivity contribution in [3.8, 4) is 11.5 Å². The topological polar surface area (TPSA) is 121 Å². The van der Waals surface area contributed by atoms with E-state index in [1.165, 1.54) is 0 Å². The van der Waals surface area contributed by atoms with Crippen LogP contribution in [-0.4, -0.2) is 55.1 Å². The number of fused-ring (bicyclic) bond motifs is 2. The molecule has 1 atom stereocenters. The molecule has 2 N–H and O–H groups in total. The third-order valence-corrected chi connectivity index (χ3v) is 5.72. The van der Waals surface area contributed by atoms with Gasteiger partial charge in [-0.15, -0.1) is 0 Å². The van der Waals surface area contributed by atoms with Gasteiger partial charge in [0.15, 0.2) is 11.5 Å². The second-order valence-electron chi connectivity index (χ2n) is 7.71. The summed E-state index contributed by atoms with van der Waals surface area (Å²) in [4.78, 5) is 48.3. The molecule has 1 aromatic rings. The highest BCUT2D eigenvalue weighted by Gasteiger charge is 2.26. The lowest BCUT2D eigenvalue weighted by molar-refractivity contribution is -0.143. The van der Waals surface area contributed by atoms with Gasteiger partial charge >= 0.3 is 11.7 Å². The van der Waals surface area contributed by atoms with Gasteiger partial charge in [-0.2, -0.15) is 4.98 Å².